The van der Waals surface area contributed by atoms with E-state index in [2.05, 4.69) is 10.3 Å². The summed E-state index contributed by atoms with van der Waals surface area (Å²) in [5, 5.41) is 4.54. The van der Waals surface area contributed by atoms with E-state index in [9.17, 15) is 9.59 Å². The van der Waals surface area contributed by atoms with Gasteiger partial charge in [0, 0.05) is 17.7 Å². The van der Waals surface area contributed by atoms with E-state index in [1.165, 1.54) is 15.7 Å². The maximum atomic E-state index is 12.5. The predicted octanol–water partition coefficient (Wildman–Crippen LogP) is 1.49. The highest BCUT2D eigenvalue weighted by molar-refractivity contribution is 7.15. The van der Waals surface area contributed by atoms with Crippen LogP contribution in [0.2, 0.25) is 0 Å². The molecular weight excluding hydrogens is 278 g/mol. The Balaban J connectivity index is 2.00. The number of thiazole rings is 1. The molecule has 1 amide bonds. The lowest BCUT2D eigenvalue weighted by molar-refractivity contribution is -0.124. The quantitative estimate of drug-likeness (QED) is 0.910. The number of ether oxygens (including phenoxy) is 1. The van der Waals surface area contributed by atoms with E-state index in [0.717, 1.165) is 12.1 Å². The molecule has 1 aliphatic heterocycles. The number of fused-ring (bicyclic) bond motifs is 1. The molecule has 2 aromatic rings. The third-order valence-electron chi connectivity index (χ3n) is 3.39. The number of anilines is 1. The number of hydrogen-bond acceptors (Lipinski definition) is 5. The Kier molecular flexibility index (Phi) is 3.31. The zero-order valence-electron chi connectivity index (χ0n) is 11.3. The molecule has 20 heavy (non-hydrogen) atoms. The standard InChI is InChI=1S/C13H15N3O3S/c1-7-6-20-13-14-8(2)10(12(18)16(7)13)15-11(17)9-4-3-5-19-9/h6,9H,3-5H2,1-2H3,(H,15,17). The highest BCUT2D eigenvalue weighted by Gasteiger charge is 2.25. The minimum Gasteiger partial charge on any atom is -0.368 e. The molecule has 1 atom stereocenters. The van der Waals surface area contributed by atoms with Gasteiger partial charge in [-0.3, -0.25) is 14.0 Å². The number of hydrogen-bond donors (Lipinski definition) is 1. The summed E-state index contributed by atoms with van der Waals surface area (Å²) in [7, 11) is 0. The maximum absolute atomic E-state index is 12.5. The van der Waals surface area contributed by atoms with Crippen LogP contribution in [-0.2, 0) is 9.53 Å². The molecule has 0 saturated carbocycles. The predicted molar refractivity (Wildman–Crippen MR) is 76.4 cm³/mol. The highest BCUT2D eigenvalue weighted by atomic mass is 32.1. The first kappa shape index (κ1) is 13.3. The zero-order chi connectivity index (χ0) is 14.3. The second-order valence-corrected chi connectivity index (χ2v) is 5.70. The van der Waals surface area contributed by atoms with E-state index in [0.29, 0.717) is 23.7 Å². The SMILES string of the molecule is Cc1nc2scc(C)n2c(=O)c1NC(=O)C1CCCO1. The molecule has 0 spiro atoms. The molecule has 1 N–H and O–H groups in total. The van der Waals surface area contributed by atoms with Crippen LogP contribution >= 0.6 is 11.3 Å². The van der Waals surface area contributed by atoms with Crippen LogP contribution in [0.3, 0.4) is 0 Å². The summed E-state index contributed by atoms with van der Waals surface area (Å²) in [6, 6.07) is 0. The molecule has 0 aromatic carbocycles. The van der Waals surface area contributed by atoms with Crippen molar-refractivity contribution in [3.63, 3.8) is 0 Å². The number of carbonyl (C=O) groups is 1. The van der Waals surface area contributed by atoms with Crippen molar-refractivity contribution < 1.29 is 9.53 Å². The van der Waals surface area contributed by atoms with Gasteiger partial charge < -0.3 is 10.1 Å². The minimum atomic E-state index is -0.460. The van der Waals surface area contributed by atoms with Crippen LogP contribution < -0.4 is 10.9 Å². The molecule has 0 radical (unpaired) electrons. The van der Waals surface area contributed by atoms with E-state index >= 15 is 0 Å². The third-order valence-corrected chi connectivity index (χ3v) is 4.33. The van der Waals surface area contributed by atoms with Gasteiger partial charge in [0.2, 0.25) is 0 Å². The van der Waals surface area contributed by atoms with Crippen LogP contribution in [0.5, 0.6) is 0 Å². The second kappa shape index (κ2) is 4.99. The van der Waals surface area contributed by atoms with Crippen molar-refractivity contribution in [1.29, 1.82) is 0 Å². The first-order valence-electron chi connectivity index (χ1n) is 6.48. The fourth-order valence-electron chi connectivity index (χ4n) is 2.32. The van der Waals surface area contributed by atoms with Gasteiger partial charge in [-0.1, -0.05) is 0 Å². The van der Waals surface area contributed by atoms with Gasteiger partial charge in [0.05, 0.1) is 5.69 Å². The van der Waals surface area contributed by atoms with Crippen LogP contribution in [-0.4, -0.2) is 28.0 Å². The zero-order valence-corrected chi connectivity index (χ0v) is 12.1. The molecule has 1 saturated heterocycles. The maximum Gasteiger partial charge on any atom is 0.282 e. The molecule has 1 unspecified atom stereocenters. The summed E-state index contributed by atoms with van der Waals surface area (Å²) in [6.07, 6.45) is 1.11. The lowest BCUT2D eigenvalue weighted by Gasteiger charge is -2.11. The normalized spacial score (nSPS) is 18.6. The van der Waals surface area contributed by atoms with Crippen LogP contribution in [0.1, 0.15) is 24.2 Å². The second-order valence-electron chi connectivity index (χ2n) is 4.86. The number of aryl methyl sites for hydroxylation is 2. The number of carbonyl (C=O) groups excluding carboxylic acids is 1. The molecule has 3 heterocycles. The fourth-order valence-corrected chi connectivity index (χ4v) is 3.22. The average molecular weight is 293 g/mol. The van der Waals surface area contributed by atoms with Crippen molar-refractivity contribution >= 4 is 27.9 Å². The molecule has 2 aromatic heterocycles. The van der Waals surface area contributed by atoms with Gasteiger partial charge in [-0.25, -0.2) is 4.98 Å². The van der Waals surface area contributed by atoms with E-state index in [1.807, 2.05) is 12.3 Å². The third kappa shape index (κ3) is 2.12. The molecule has 106 valence electrons. The molecule has 6 nitrogen and oxygen atoms in total. The Morgan fingerprint density at radius 1 is 1.55 bits per heavy atom. The van der Waals surface area contributed by atoms with Gasteiger partial charge in [-0.05, 0) is 26.7 Å². The Morgan fingerprint density at radius 2 is 2.35 bits per heavy atom. The Bertz CT molecular complexity index is 728. The van der Waals surface area contributed by atoms with E-state index in [4.69, 9.17) is 4.74 Å². The van der Waals surface area contributed by atoms with Gasteiger partial charge in [-0.15, -0.1) is 11.3 Å². The number of aromatic nitrogens is 2. The Hall–Kier alpha value is -1.73. The lowest BCUT2D eigenvalue weighted by Crippen LogP contribution is -2.31. The average Bonchev–Trinajstić information content (AvgIpc) is 3.04. The van der Waals surface area contributed by atoms with Crippen molar-refractivity contribution in [3.05, 3.63) is 27.1 Å². The number of amides is 1. The fraction of sp³-hybridized carbons (Fsp3) is 0.462. The van der Waals surface area contributed by atoms with Crippen LogP contribution in [0, 0.1) is 13.8 Å². The molecule has 3 rings (SSSR count). The first-order chi connectivity index (χ1) is 9.58. The molecule has 7 heteroatoms. The molecule has 1 fully saturated rings. The highest BCUT2D eigenvalue weighted by Crippen LogP contribution is 2.18. The van der Waals surface area contributed by atoms with Gasteiger partial charge in [0.15, 0.2) is 4.96 Å². The first-order valence-corrected chi connectivity index (χ1v) is 7.36. The minimum absolute atomic E-state index is 0.238. The van der Waals surface area contributed by atoms with Gasteiger partial charge >= 0.3 is 0 Å². The van der Waals surface area contributed by atoms with E-state index < -0.39 is 6.10 Å². The topological polar surface area (TPSA) is 72.7 Å². The molecule has 0 aliphatic carbocycles. The monoisotopic (exact) mass is 293 g/mol. The summed E-state index contributed by atoms with van der Waals surface area (Å²) < 4.78 is 6.84. The molecule has 1 aliphatic rings. The summed E-state index contributed by atoms with van der Waals surface area (Å²) in [5.41, 5.74) is 1.35. The van der Waals surface area contributed by atoms with Crippen LogP contribution in [0.15, 0.2) is 10.2 Å². The van der Waals surface area contributed by atoms with Crippen molar-refractivity contribution in [3.8, 4) is 0 Å². The summed E-state index contributed by atoms with van der Waals surface area (Å²) >= 11 is 1.41. The Morgan fingerprint density at radius 3 is 3.05 bits per heavy atom. The van der Waals surface area contributed by atoms with Crippen LogP contribution in [0.4, 0.5) is 5.69 Å². The van der Waals surface area contributed by atoms with Gasteiger partial charge in [-0.2, -0.15) is 0 Å². The summed E-state index contributed by atoms with van der Waals surface area (Å²) in [4.78, 5) is 29.5. The summed E-state index contributed by atoms with van der Waals surface area (Å²) in [6.45, 7) is 4.16. The van der Waals surface area contributed by atoms with Gasteiger partial charge in [0.1, 0.15) is 11.8 Å². The lowest BCUT2D eigenvalue weighted by atomic mass is 10.2. The largest absolute Gasteiger partial charge is 0.368 e. The van der Waals surface area contributed by atoms with Crippen molar-refractivity contribution in [2.45, 2.75) is 32.8 Å². The van der Waals surface area contributed by atoms with Gasteiger partial charge in [0.25, 0.3) is 11.5 Å². The molecular formula is C13H15N3O3S. The van der Waals surface area contributed by atoms with E-state index in [-0.39, 0.29) is 17.2 Å². The van der Waals surface area contributed by atoms with E-state index in [1.54, 1.807) is 6.92 Å². The number of nitrogens with zero attached hydrogens (tertiary/aromatic N) is 2. The number of nitrogens with one attached hydrogen (secondary N) is 1. The van der Waals surface area contributed by atoms with Crippen molar-refractivity contribution in [2.75, 3.05) is 11.9 Å². The van der Waals surface area contributed by atoms with Crippen molar-refractivity contribution in [2.24, 2.45) is 0 Å². The van der Waals surface area contributed by atoms with Crippen LogP contribution in [0.25, 0.3) is 4.96 Å². The number of rotatable bonds is 2. The molecule has 0 bridgehead atoms. The Labute approximate surface area is 119 Å². The van der Waals surface area contributed by atoms with Crippen molar-refractivity contribution in [1.82, 2.24) is 9.38 Å². The smallest absolute Gasteiger partial charge is 0.282 e. The summed E-state index contributed by atoms with van der Waals surface area (Å²) in [5.74, 6) is -0.266.